The summed E-state index contributed by atoms with van der Waals surface area (Å²) in [6.45, 7) is 2.81. The van der Waals surface area contributed by atoms with Crippen LogP contribution in [0.5, 0.6) is 0 Å². The maximum Gasteiger partial charge on any atom is 0.527 e. The van der Waals surface area contributed by atoms with Gasteiger partial charge in [-0.3, -0.25) is 9.42 Å². The average Bonchev–Trinajstić information content (AvgIpc) is 1.84. The van der Waals surface area contributed by atoms with Crippen LogP contribution >= 0.6 is 7.82 Å². The molecule has 0 aliphatic carbocycles. The molecule has 0 aromatic rings. The van der Waals surface area contributed by atoms with Gasteiger partial charge in [0.15, 0.2) is 0 Å². The van der Waals surface area contributed by atoms with Crippen LogP contribution in [0.15, 0.2) is 12.8 Å². The average molecular weight is 162 g/mol. The van der Waals surface area contributed by atoms with Gasteiger partial charge in [-0.05, 0) is 0 Å². The van der Waals surface area contributed by atoms with Gasteiger partial charge in [-0.25, -0.2) is 4.57 Å². The lowest BCUT2D eigenvalue weighted by Crippen LogP contribution is -1.90. The van der Waals surface area contributed by atoms with Crippen LogP contribution in [0, 0.1) is 12.3 Å². The van der Waals surface area contributed by atoms with Gasteiger partial charge in [-0.15, -0.1) is 6.42 Å². The monoisotopic (exact) mass is 162 g/mol. The number of terminal acetylenes is 1. The predicted molar refractivity (Wildman–Crippen MR) is 35.9 cm³/mol. The summed E-state index contributed by atoms with van der Waals surface area (Å²) in [6.07, 6.45) is 5.56. The largest absolute Gasteiger partial charge is 0.527 e. The van der Waals surface area contributed by atoms with Crippen LogP contribution in [0.2, 0.25) is 0 Å². The third kappa shape index (κ3) is 4.16. The fraction of sp³-hybridized carbons (Fsp3) is 0.200. The normalized spacial score (nSPS) is 14.8. The topological polar surface area (TPSA) is 55.8 Å². The standard InChI is InChI=1S/C5H7O4P/c1-3-5-9-10(6,7)8-4-2/h1,4H,2,5H2,(H,6,7). The van der Waals surface area contributed by atoms with Gasteiger partial charge in [0.2, 0.25) is 0 Å². The van der Waals surface area contributed by atoms with Crippen LogP contribution in [-0.2, 0) is 13.6 Å². The summed E-state index contributed by atoms with van der Waals surface area (Å²) in [5, 5.41) is 0. The second kappa shape index (κ2) is 4.13. The maximum absolute atomic E-state index is 10.5. The molecule has 0 aromatic heterocycles. The van der Waals surface area contributed by atoms with Crippen LogP contribution in [0.3, 0.4) is 0 Å². The molecule has 0 heterocycles. The van der Waals surface area contributed by atoms with Crippen molar-refractivity contribution in [3.05, 3.63) is 12.8 Å². The number of rotatable bonds is 4. The van der Waals surface area contributed by atoms with E-state index in [1.165, 1.54) is 0 Å². The molecule has 0 saturated carbocycles. The summed E-state index contributed by atoms with van der Waals surface area (Å²) in [4.78, 5) is 8.59. The highest BCUT2D eigenvalue weighted by Crippen LogP contribution is 2.42. The minimum atomic E-state index is -3.97. The lowest BCUT2D eigenvalue weighted by molar-refractivity contribution is 0.208. The van der Waals surface area contributed by atoms with E-state index in [0.717, 1.165) is 6.26 Å². The Hall–Kier alpha value is -0.750. The number of phosphoric ester groups is 1. The van der Waals surface area contributed by atoms with Crippen LogP contribution in [0.4, 0.5) is 0 Å². The first-order valence-electron chi connectivity index (χ1n) is 2.32. The lowest BCUT2D eigenvalue weighted by Gasteiger charge is -2.06. The molecular formula is C5H7O4P. The Bertz CT molecular complexity index is 192. The van der Waals surface area contributed by atoms with Gasteiger partial charge >= 0.3 is 7.82 Å². The van der Waals surface area contributed by atoms with Gasteiger partial charge in [0.05, 0.1) is 6.26 Å². The van der Waals surface area contributed by atoms with E-state index in [0.29, 0.717) is 0 Å². The van der Waals surface area contributed by atoms with Crippen molar-refractivity contribution in [3.63, 3.8) is 0 Å². The summed E-state index contributed by atoms with van der Waals surface area (Å²) < 4.78 is 18.8. The summed E-state index contributed by atoms with van der Waals surface area (Å²) in [6, 6.07) is 0. The molecular weight excluding hydrogens is 155 g/mol. The van der Waals surface area contributed by atoms with Crippen LogP contribution < -0.4 is 0 Å². The molecule has 0 radical (unpaired) electrons. The van der Waals surface area contributed by atoms with Gasteiger partial charge in [-0.2, -0.15) is 0 Å². The zero-order valence-electron chi connectivity index (χ0n) is 5.19. The van der Waals surface area contributed by atoms with E-state index in [1.807, 2.05) is 5.92 Å². The zero-order chi connectivity index (χ0) is 8.04. The molecule has 0 rings (SSSR count). The van der Waals surface area contributed by atoms with E-state index >= 15 is 0 Å². The molecule has 56 valence electrons. The second-order valence-electron chi connectivity index (χ2n) is 1.22. The Morgan fingerprint density at radius 2 is 2.50 bits per heavy atom. The first-order chi connectivity index (χ1) is 4.62. The van der Waals surface area contributed by atoms with Crippen LogP contribution in [0.1, 0.15) is 0 Å². The number of phosphoric acid groups is 1. The Balaban J connectivity index is 3.77. The summed E-state index contributed by atoms with van der Waals surface area (Å²) in [5.74, 6) is 2.01. The Morgan fingerprint density at radius 3 is 2.90 bits per heavy atom. The van der Waals surface area contributed by atoms with E-state index in [-0.39, 0.29) is 6.61 Å². The Labute approximate surface area is 59.1 Å². The van der Waals surface area contributed by atoms with Gasteiger partial charge in [0.1, 0.15) is 6.61 Å². The van der Waals surface area contributed by atoms with Gasteiger partial charge in [0, 0.05) is 0 Å². The molecule has 1 atom stereocenters. The smallest absolute Gasteiger partial charge is 0.413 e. The predicted octanol–water partition coefficient (Wildman–Crippen LogP) is 0.897. The minimum Gasteiger partial charge on any atom is -0.413 e. The second-order valence-corrected chi connectivity index (χ2v) is 2.62. The molecule has 0 bridgehead atoms. The highest BCUT2D eigenvalue weighted by molar-refractivity contribution is 7.47. The summed E-state index contributed by atoms with van der Waals surface area (Å²) in [5.41, 5.74) is 0. The fourth-order valence-corrected chi connectivity index (χ4v) is 0.730. The fourth-order valence-electron chi connectivity index (χ4n) is 0.243. The van der Waals surface area contributed by atoms with E-state index in [1.54, 1.807) is 0 Å². The molecule has 1 unspecified atom stereocenters. The van der Waals surface area contributed by atoms with Gasteiger partial charge in [-0.1, -0.05) is 12.5 Å². The van der Waals surface area contributed by atoms with Crippen molar-refractivity contribution in [2.45, 2.75) is 0 Å². The Morgan fingerprint density at radius 1 is 1.90 bits per heavy atom. The summed E-state index contributed by atoms with van der Waals surface area (Å²) >= 11 is 0. The summed E-state index contributed by atoms with van der Waals surface area (Å²) in [7, 11) is -3.97. The minimum absolute atomic E-state index is 0.262. The molecule has 0 aromatic carbocycles. The first kappa shape index (κ1) is 9.25. The van der Waals surface area contributed by atoms with Crippen LogP contribution in [0.25, 0.3) is 0 Å². The Kier molecular flexibility index (Phi) is 3.82. The number of hydrogen-bond acceptors (Lipinski definition) is 3. The van der Waals surface area contributed by atoms with Gasteiger partial charge < -0.3 is 4.52 Å². The molecule has 0 saturated heterocycles. The molecule has 10 heavy (non-hydrogen) atoms. The molecule has 0 amide bonds. The van der Waals surface area contributed by atoms with E-state index < -0.39 is 7.82 Å². The SMILES string of the molecule is C#CCOP(=O)(O)OC=C. The van der Waals surface area contributed by atoms with E-state index in [9.17, 15) is 4.57 Å². The van der Waals surface area contributed by atoms with Crippen molar-refractivity contribution in [3.8, 4) is 12.3 Å². The molecule has 4 nitrogen and oxygen atoms in total. The lowest BCUT2D eigenvalue weighted by atomic mass is 10.8. The molecule has 0 fully saturated rings. The van der Waals surface area contributed by atoms with Crippen molar-refractivity contribution < 1.29 is 18.5 Å². The van der Waals surface area contributed by atoms with Crippen molar-refractivity contribution in [2.24, 2.45) is 0 Å². The zero-order valence-corrected chi connectivity index (χ0v) is 6.08. The highest BCUT2D eigenvalue weighted by Gasteiger charge is 2.18. The quantitative estimate of drug-likeness (QED) is 0.379. The molecule has 0 aliphatic heterocycles. The molecule has 1 N–H and O–H groups in total. The number of hydrogen-bond donors (Lipinski definition) is 1. The van der Waals surface area contributed by atoms with E-state index in [4.69, 9.17) is 11.3 Å². The molecule has 0 aliphatic rings. The first-order valence-corrected chi connectivity index (χ1v) is 3.82. The maximum atomic E-state index is 10.5. The van der Waals surface area contributed by atoms with Crippen molar-refractivity contribution >= 4 is 7.82 Å². The molecule has 0 spiro atoms. The van der Waals surface area contributed by atoms with Gasteiger partial charge in [0.25, 0.3) is 0 Å². The molecule has 5 heteroatoms. The van der Waals surface area contributed by atoms with Crippen molar-refractivity contribution in [1.29, 1.82) is 0 Å². The van der Waals surface area contributed by atoms with E-state index in [2.05, 4.69) is 15.6 Å². The van der Waals surface area contributed by atoms with Crippen molar-refractivity contribution in [2.75, 3.05) is 6.61 Å². The van der Waals surface area contributed by atoms with Crippen LogP contribution in [-0.4, -0.2) is 11.5 Å². The third-order valence-corrected chi connectivity index (χ3v) is 1.39. The third-order valence-electron chi connectivity index (χ3n) is 0.519. The highest BCUT2D eigenvalue weighted by atomic mass is 31.2. The van der Waals surface area contributed by atoms with Crippen molar-refractivity contribution in [1.82, 2.24) is 0 Å².